The van der Waals surface area contributed by atoms with Crippen molar-refractivity contribution in [1.82, 2.24) is 4.57 Å². The van der Waals surface area contributed by atoms with E-state index in [0.29, 0.717) is 5.56 Å². The summed E-state index contributed by atoms with van der Waals surface area (Å²) in [6, 6.07) is 1.76. The quantitative estimate of drug-likeness (QED) is 0.858. The smallest absolute Gasteiger partial charge is 0.337 e. The largest absolute Gasteiger partial charge is 0.478 e. The highest BCUT2D eigenvalue weighted by molar-refractivity contribution is 5.89. The second-order valence-corrected chi connectivity index (χ2v) is 5.03. The zero-order chi connectivity index (χ0) is 12.6. The van der Waals surface area contributed by atoms with E-state index in [4.69, 9.17) is 9.84 Å². The van der Waals surface area contributed by atoms with Crippen LogP contribution in [0.3, 0.4) is 0 Å². The molecular formula is C13H19NO3. The summed E-state index contributed by atoms with van der Waals surface area (Å²) < 4.78 is 7.56. The van der Waals surface area contributed by atoms with Gasteiger partial charge in [-0.15, -0.1) is 0 Å². The fourth-order valence-corrected chi connectivity index (χ4v) is 2.84. The highest BCUT2D eigenvalue weighted by Crippen LogP contribution is 2.33. The zero-order valence-corrected chi connectivity index (χ0v) is 10.6. The molecule has 94 valence electrons. The molecule has 2 rings (SSSR count). The minimum Gasteiger partial charge on any atom is -0.478 e. The number of aromatic nitrogens is 1. The van der Waals surface area contributed by atoms with E-state index in [9.17, 15) is 4.79 Å². The summed E-state index contributed by atoms with van der Waals surface area (Å²) in [5, 5.41) is 9.15. The zero-order valence-electron chi connectivity index (χ0n) is 10.6. The highest BCUT2D eigenvalue weighted by Gasteiger charge is 2.32. The third kappa shape index (κ3) is 1.97. The predicted molar refractivity (Wildman–Crippen MR) is 64.6 cm³/mol. The molecule has 17 heavy (non-hydrogen) atoms. The number of aromatic carboxylic acids is 1. The van der Waals surface area contributed by atoms with Crippen molar-refractivity contribution in [2.24, 2.45) is 0 Å². The maximum atomic E-state index is 11.1. The molecule has 0 aromatic carbocycles. The molecule has 1 saturated heterocycles. The standard InChI is InChI=1S/C13H19NO3/c1-9-8-11(12(15)16)10(2)14(9)13(3)4-6-17-7-5-13/h8H,4-7H2,1-3H3,(H,15,16). The molecule has 1 aliphatic heterocycles. The summed E-state index contributed by atoms with van der Waals surface area (Å²) in [6.07, 6.45) is 1.87. The van der Waals surface area contributed by atoms with Gasteiger partial charge in [0, 0.05) is 30.1 Å². The number of rotatable bonds is 2. The van der Waals surface area contributed by atoms with E-state index in [1.165, 1.54) is 0 Å². The average Bonchev–Trinajstić information content (AvgIpc) is 2.56. The van der Waals surface area contributed by atoms with Crippen LogP contribution in [0.1, 0.15) is 41.5 Å². The van der Waals surface area contributed by atoms with Gasteiger partial charge in [0.15, 0.2) is 0 Å². The van der Waals surface area contributed by atoms with E-state index in [1.54, 1.807) is 6.07 Å². The van der Waals surface area contributed by atoms with Gasteiger partial charge in [0.25, 0.3) is 0 Å². The number of carbonyl (C=O) groups is 1. The number of hydrogen-bond donors (Lipinski definition) is 1. The van der Waals surface area contributed by atoms with Crippen LogP contribution in [0, 0.1) is 13.8 Å². The highest BCUT2D eigenvalue weighted by atomic mass is 16.5. The van der Waals surface area contributed by atoms with Crippen LogP contribution < -0.4 is 0 Å². The SMILES string of the molecule is Cc1cc(C(=O)O)c(C)n1C1(C)CCOCC1. The summed E-state index contributed by atoms with van der Waals surface area (Å²) in [6.45, 7) is 7.53. The van der Waals surface area contributed by atoms with Gasteiger partial charge in [-0.05, 0) is 39.7 Å². The van der Waals surface area contributed by atoms with Gasteiger partial charge in [0.1, 0.15) is 0 Å². The van der Waals surface area contributed by atoms with Crippen molar-refractivity contribution in [1.29, 1.82) is 0 Å². The molecule has 0 saturated carbocycles. The maximum absolute atomic E-state index is 11.1. The maximum Gasteiger partial charge on any atom is 0.337 e. The summed E-state index contributed by atoms with van der Waals surface area (Å²) in [5.74, 6) is -0.847. The van der Waals surface area contributed by atoms with Crippen molar-refractivity contribution < 1.29 is 14.6 Å². The van der Waals surface area contributed by atoms with Crippen LogP contribution in [0.25, 0.3) is 0 Å². The van der Waals surface area contributed by atoms with Gasteiger partial charge in [-0.25, -0.2) is 4.79 Å². The lowest BCUT2D eigenvalue weighted by Gasteiger charge is -2.37. The first-order chi connectivity index (χ1) is 7.96. The second-order valence-electron chi connectivity index (χ2n) is 5.03. The Morgan fingerprint density at radius 1 is 1.41 bits per heavy atom. The molecule has 1 fully saturated rings. The van der Waals surface area contributed by atoms with Crippen molar-refractivity contribution in [3.8, 4) is 0 Å². The Labute approximate surface area is 101 Å². The normalized spacial score (nSPS) is 19.2. The molecule has 1 aromatic heterocycles. The van der Waals surface area contributed by atoms with Crippen LogP contribution in [-0.2, 0) is 10.3 Å². The van der Waals surface area contributed by atoms with Crippen molar-refractivity contribution >= 4 is 5.97 Å². The van der Waals surface area contributed by atoms with Gasteiger partial charge in [0.05, 0.1) is 5.56 Å². The van der Waals surface area contributed by atoms with Crippen molar-refractivity contribution in [2.75, 3.05) is 13.2 Å². The molecule has 4 heteroatoms. The third-order valence-corrected chi connectivity index (χ3v) is 3.77. The van der Waals surface area contributed by atoms with Gasteiger partial charge in [-0.2, -0.15) is 0 Å². The number of hydrogen-bond acceptors (Lipinski definition) is 2. The number of carboxylic acids is 1. The Hall–Kier alpha value is -1.29. The van der Waals surface area contributed by atoms with Crippen LogP contribution in [0.15, 0.2) is 6.07 Å². The van der Waals surface area contributed by atoms with E-state index in [1.807, 2.05) is 13.8 Å². The van der Waals surface area contributed by atoms with Gasteiger partial charge in [0.2, 0.25) is 0 Å². The molecule has 0 spiro atoms. The minimum atomic E-state index is -0.847. The van der Waals surface area contributed by atoms with E-state index < -0.39 is 5.97 Å². The van der Waals surface area contributed by atoms with Gasteiger partial charge >= 0.3 is 5.97 Å². The van der Waals surface area contributed by atoms with Gasteiger partial charge in [-0.3, -0.25) is 0 Å². The molecule has 0 radical (unpaired) electrons. The lowest BCUT2D eigenvalue weighted by atomic mass is 9.91. The fourth-order valence-electron chi connectivity index (χ4n) is 2.84. The summed E-state index contributed by atoms with van der Waals surface area (Å²) in [5.41, 5.74) is 2.26. The molecule has 0 unspecified atom stereocenters. The Morgan fingerprint density at radius 2 is 2.00 bits per heavy atom. The van der Waals surface area contributed by atoms with Crippen LogP contribution in [0.4, 0.5) is 0 Å². The van der Waals surface area contributed by atoms with Crippen molar-refractivity contribution in [3.05, 3.63) is 23.0 Å². The first kappa shape index (κ1) is 12.2. The minimum absolute atomic E-state index is 0.0138. The van der Waals surface area contributed by atoms with E-state index in [-0.39, 0.29) is 5.54 Å². The Balaban J connectivity index is 2.47. The first-order valence-electron chi connectivity index (χ1n) is 5.96. The molecule has 1 aromatic rings. The summed E-state index contributed by atoms with van der Waals surface area (Å²) >= 11 is 0. The number of ether oxygens (including phenoxy) is 1. The summed E-state index contributed by atoms with van der Waals surface area (Å²) in [4.78, 5) is 11.1. The number of nitrogens with zero attached hydrogens (tertiary/aromatic N) is 1. The molecule has 0 amide bonds. The van der Waals surface area contributed by atoms with Gasteiger partial charge in [-0.1, -0.05) is 0 Å². The molecule has 1 aliphatic rings. The third-order valence-electron chi connectivity index (χ3n) is 3.77. The molecule has 2 heterocycles. The predicted octanol–water partition coefficient (Wildman–Crippen LogP) is 2.33. The number of carboxylic acid groups (broad SMARTS) is 1. The van der Waals surface area contributed by atoms with Gasteiger partial charge < -0.3 is 14.4 Å². The monoisotopic (exact) mass is 237 g/mol. The van der Waals surface area contributed by atoms with Crippen molar-refractivity contribution in [3.63, 3.8) is 0 Å². The Bertz CT molecular complexity index is 442. The Morgan fingerprint density at radius 3 is 2.47 bits per heavy atom. The lowest BCUT2D eigenvalue weighted by Crippen LogP contribution is -2.38. The first-order valence-corrected chi connectivity index (χ1v) is 5.96. The molecule has 0 bridgehead atoms. The van der Waals surface area contributed by atoms with Crippen molar-refractivity contribution in [2.45, 2.75) is 39.2 Å². The van der Waals surface area contributed by atoms with E-state index >= 15 is 0 Å². The fraction of sp³-hybridized carbons (Fsp3) is 0.615. The van der Waals surface area contributed by atoms with Crippen LogP contribution in [0.5, 0.6) is 0 Å². The molecule has 1 N–H and O–H groups in total. The lowest BCUT2D eigenvalue weighted by molar-refractivity contribution is 0.0280. The van der Waals surface area contributed by atoms with E-state index in [0.717, 1.165) is 37.4 Å². The average molecular weight is 237 g/mol. The Kier molecular flexibility index (Phi) is 3.00. The molecule has 0 atom stereocenters. The van der Waals surface area contributed by atoms with Crippen LogP contribution >= 0.6 is 0 Å². The van der Waals surface area contributed by atoms with Crippen LogP contribution in [0.2, 0.25) is 0 Å². The molecule has 0 aliphatic carbocycles. The molecule has 4 nitrogen and oxygen atoms in total. The summed E-state index contributed by atoms with van der Waals surface area (Å²) in [7, 11) is 0. The van der Waals surface area contributed by atoms with E-state index in [2.05, 4.69) is 11.5 Å². The topological polar surface area (TPSA) is 51.5 Å². The second kappa shape index (κ2) is 4.18. The van der Waals surface area contributed by atoms with Crippen LogP contribution in [-0.4, -0.2) is 28.9 Å². The number of aryl methyl sites for hydroxylation is 1. The molecular weight excluding hydrogens is 218 g/mol.